The molecular weight excluding hydrogens is 446 g/mol. The number of rotatable bonds is 4. The predicted molar refractivity (Wildman–Crippen MR) is 109 cm³/mol. The van der Waals surface area contributed by atoms with Crippen LogP contribution in [0.1, 0.15) is 38.8 Å². The molecule has 33 heavy (non-hydrogen) atoms. The molecule has 1 fully saturated rings. The normalized spacial score (nSPS) is 20.1. The van der Waals surface area contributed by atoms with E-state index in [9.17, 15) is 32.3 Å². The molecule has 2 N–H and O–H groups in total. The number of aliphatic hydroxyl groups is 1. The third-order valence-electron chi connectivity index (χ3n) is 5.51. The standard InChI is InChI=1S/C21H25F4N5O3/c1-20(2,3)17(19(33)29-9-12(31)8-16(29)18(32)26-4)30-10-15(27-28-30)11-5-6-14(22)13(7-11)21(23,24)25/h5-7,10,12,16-17,31H,8-9H2,1-4H3,(H,26,32)/t12?,16-,17?/m1/s1. The summed E-state index contributed by atoms with van der Waals surface area (Å²) in [7, 11) is 1.43. The smallest absolute Gasteiger partial charge is 0.391 e. The van der Waals surface area contributed by atoms with Crippen molar-refractivity contribution >= 4 is 11.8 Å². The Balaban J connectivity index is 1.98. The van der Waals surface area contributed by atoms with Crippen LogP contribution in [0.3, 0.4) is 0 Å². The molecule has 0 radical (unpaired) electrons. The minimum absolute atomic E-state index is 0.0186. The van der Waals surface area contributed by atoms with Crippen molar-refractivity contribution in [1.82, 2.24) is 25.2 Å². The van der Waals surface area contributed by atoms with E-state index < -0.39 is 53.0 Å². The number of nitrogens with one attached hydrogen (secondary N) is 1. The predicted octanol–water partition coefficient (Wildman–Crippen LogP) is 2.40. The lowest BCUT2D eigenvalue weighted by Gasteiger charge is -2.34. The van der Waals surface area contributed by atoms with Crippen molar-refractivity contribution in [3.63, 3.8) is 0 Å². The van der Waals surface area contributed by atoms with Gasteiger partial charge in [-0.1, -0.05) is 26.0 Å². The number of likely N-dealkylation sites (N-methyl/N-ethyl adjacent to an activating group) is 1. The third-order valence-corrected chi connectivity index (χ3v) is 5.51. The van der Waals surface area contributed by atoms with Gasteiger partial charge in [0.25, 0.3) is 0 Å². The molecule has 180 valence electrons. The largest absolute Gasteiger partial charge is 0.419 e. The number of carbonyl (C=O) groups is 2. The number of aliphatic hydroxyl groups excluding tert-OH is 1. The molecule has 1 saturated heterocycles. The van der Waals surface area contributed by atoms with Crippen molar-refractivity contribution in [2.45, 2.75) is 51.6 Å². The summed E-state index contributed by atoms with van der Waals surface area (Å²) < 4.78 is 54.1. The van der Waals surface area contributed by atoms with Crippen molar-refractivity contribution in [2.75, 3.05) is 13.6 Å². The van der Waals surface area contributed by atoms with Crippen LogP contribution in [0.15, 0.2) is 24.4 Å². The van der Waals surface area contributed by atoms with Crippen molar-refractivity contribution in [1.29, 1.82) is 0 Å². The van der Waals surface area contributed by atoms with Crippen LogP contribution >= 0.6 is 0 Å². The molecule has 1 aliphatic rings. The lowest BCUT2D eigenvalue weighted by molar-refractivity contribution is -0.144. The maximum absolute atomic E-state index is 13.6. The van der Waals surface area contributed by atoms with E-state index in [1.807, 2.05) is 0 Å². The highest BCUT2D eigenvalue weighted by atomic mass is 19.4. The number of carbonyl (C=O) groups excluding carboxylic acids is 2. The fourth-order valence-electron chi connectivity index (χ4n) is 3.95. The van der Waals surface area contributed by atoms with Gasteiger partial charge in [-0.2, -0.15) is 13.2 Å². The van der Waals surface area contributed by atoms with Crippen LogP contribution < -0.4 is 5.32 Å². The van der Waals surface area contributed by atoms with E-state index >= 15 is 0 Å². The third kappa shape index (κ3) is 5.00. The second-order valence-electron chi connectivity index (χ2n) is 9.05. The minimum Gasteiger partial charge on any atom is -0.391 e. The Hall–Kier alpha value is -3.02. The molecule has 0 bridgehead atoms. The maximum Gasteiger partial charge on any atom is 0.419 e. The van der Waals surface area contributed by atoms with Gasteiger partial charge in [0, 0.05) is 25.6 Å². The molecule has 3 rings (SSSR count). The van der Waals surface area contributed by atoms with Crippen LogP contribution in [0.5, 0.6) is 0 Å². The molecule has 2 heterocycles. The first-order valence-electron chi connectivity index (χ1n) is 10.2. The Kier molecular flexibility index (Phi) is 6.51. The van der Waals surface area contributed by atoms with Crippen LogP contribution in [0.4, 0.5) is 17.6 Å². The summed E-state index contributed by atoms with van der Waals surface area (Å²) in [5.74, 6) is -2.31. The molecule has 1 aromatic heterocycles. The number of benzene rings is 1. The zero-order chi connectivity index (χ0) is 24.7. The molecule has 0 saturated carbocycles. The molecule has 1 aliphatic heterocycles. The molecule has 2 amide bonds. The van der Waals surface area contributed by atoms with Crippen LogP contribution in [0.2, 0.25) is 0 Å². The summed E-state index contributed by atoms with van der Waals surface area (Å²) in [6.07, 6.45) is -4.36. The van der Waals surface area contributed by atoms with Gasteiger partial charge in [-0.3, -0.25) is 9.59 Å². The first kappa shape index (κ1) is 24.6. The zero-order valence-electron chi connectivity index (χ0n) is 18.5. The first-order chi connectivity index (χ1) is 15.2. The molecular formula is C21H25F4N5O3. The second-order valence-corrected chi connectivity index (χ2v) is 9.05. The number of aromatic nitrogens is 3. The van der Waals surface area contributed by atoms with E-state index in [1.54, 1.807) is 20.8 Å². The number of likely N-dealkylation sites (tertiary alicyclic amines) is 1. The number of nitrogens with zero attached hydrogens (tertiary/aromatic N) is 4. The van der Waals surface area contributed by atoms with E-state index in [4.69, 9.17) is 0 Å². The summed E-state index contributed by atoms with van der Waals surface area (Å²) in [6, 6.07) is 0.639. The summed E-state index contributed by atoms with van der Waals surface area (Å²) in [5, 5.41) is 20.4. The SMILES string of the molecule is CNC(=O)[C@H]1CC(O)CN1C(=O)C(n1cc(-c2ccc(F)c(C(F)(F)F)c2)nn1)C(C)(C)C. The molecule has 2 unspecified atom stereocenters. The number of hydrogen-bond acceptors (Lipinski definition) is 5. The van der Waals surface area contributed by atoms with Crippen LogP contribution in [-0.4, -0.2) is 62.6 Å². The molecule has 0 aliphatic carbocycles. The highest BCUT2D eigenvalue weighted by Crippen LogP contribution is 2.36. The second kappa shape index (κ2) is 8.73. The van der Waals surface area contributed by atoms with Gasteiger partial charge >= 0.3 is 6.18 Å². The van der Waals surface area contributed by atoms with E-state index in [0.29, 0.717) is 12.1 Å². The van der Waals surface area contributed by atoms with Gasteiger partial charge in [0.05, 0.1) is 17.9 Å². The Morgan fingerprint density at radius 1 is 1.24 bits per heavy atom. The molecule has 3 atom stereocenters. The fourth-order valence-corrected chi connectivity index (χ4v) is 3.95. The number of halogens is 4. The van der Waals surface area contributed by atoms with Crippen LogP contribution in [0, 0.1) is 11.2 Å². The maximum atomic E-state index is 13.6. The Morgan fingerprint density at radius 2 is 1.91 bits per heavy atom. The van der Waals surface area contributed by atoms with Gasteiger partial charge in [-0.15, -0.1) is 5.10 Å². The first-order valence-corrected chi connectivity index (χ1v) is 10.2. The van der Waals surface area contributed by atoms with E-state index in [2.05, 4.69) is 15.6 Å². The summed E-state index contributed by atoms with van der Waals surface area (Å²) in [4.78, 5) is 27.0. The van der Waals surface area contributed by atoms with Gasteiger partial charge in [0.15, 0.2) is 0 Å². The average molecular weight is 471 g/mol. The van der Waals surface area contributed by atoms with Crippen molar-refractivity contribution in [2.24, 2.45) is 5.41 Å². The summed E-state index contributed by atoms with van der Waals surface area (Å²) in [6.45, 7) is 5.24. The monoisotopic (exact) mass is 471 g/mol. The Morgan fingerprint density at radius 3 is 2.48 bits per heavy atom. The number of amides is 2. The van der Waals surface area contributed by atoms with E-state index in [1.165, 1.54) is 22.8 Å². The van der Waals surface area contributed by atoms with Gasteiger partial charge in [0.1, 0.15) is 23.6 Å². The summed E-state index contributed by atoms with van der Waals surface area (Å²) in [5.41, 5.74) is -2.16. The number of alkyl halides is 3. The van der Waals surface area contributed by atoms with Crippen LogP contribution in [-0.2, 0) is 15.8 Å². The highest BCUT2D eigenvalue weighted by molar-refractivity contribution is 5.90. The topological polar surface area (TPSA) is 100 Å². The number of hydrogen-bond donors (Lipinski definition) is 2. The van der Waals surface area contributed by atoms with Crippen LogP contribution in [0.25, 0.3) is 11.3 Å². The van der Waals surface area contributed by atoms with E-state index in [0.717, 1.165) is 6.07 Å². The van der Waals surface area contributed by atoms with Gasteiger partial charge in [-0.05, 0) is 23.6 Å². The van der Waals surface area contributed by atoms with Gasteiger partial charge < -0.3 is 15.3 Å². The average Bonchev–Trinajstić information content (AvgIpc) is 3.33. The molecule has 0 spiro atoms. The van der Waals surface area contributed by atoms with Gasteiger partial charge in [0.2, 0.25) is 11.8 Å². The quantitative estimate of drug-likeness (QED) is 0.667. The lowest BCUT2D eigenvalue weighted by Crippen LogP contribution is -2.49. The Labute approximate surface area is 187 Å². The van der Waals surface area contributed by atoms with Crippen molar-refractivity contribution in [3.8, 4) is 11.3 Å². The number of β-amino-alcohol motifs (C(OH)–C–C–N with tert-alkyl or cyclic N) is 1. The van der Waals surface area contributed by atoms with Crippen molar-refractivity contribution in [3.05, 3.63) is 35.8 Å². The Bertz CT molecular complexity index is 1050. The summed E-state index contributed by atoms with van der Waals surface area (Å²) >= 11 is 0. The van der Waals surface area contributed by atoms with Crippen molar-refractivity contribution < 1.29 is 32.3 Å². The lowest BCUT2D eigenvalue weighted by atomic mass is 9.85. The molecule has 1 aromatic carbocycles. The molecule has 2 aromatic rings. The molecule has 12 heteroatoms. The minimum atomic E-state index is -4.88. The van der Waals surface area contributed by atoms with E-state index in [-0.39, 0.29) is 24.2 Å². The van der Waals surface area contributed by atoms with Gasteiger partial charge in [-0.25, -0.2) is 9.07 Å². The zero-order valence-corrected chi connectivity index (χ0v) is 18.5. The highest BCUT2D eigenvalue weighted by Gasteiger charge is 2.45. The fraction of sp³-hybridized carbons (Fsp3) is 0.524. The molecule has 8 nitrogen and oxygen atoms in total.